The molecule has 1 amide bonds. The number of pyridine rings is 1. The summed E-state index contributed by atoms with van der Waals surface area (Å²) in [6, 6.07) is 13.2. The van der Waals surface area contributed by atoms with Crippen LogP contribution < -0.4 is 108 Å². The molecule has 0 saturated carbocycles. The van der Waals surface area contributed by atoms with Gasteiger partial charge in [0.2, 0.25) is 0 Å². The quantitative estimate of drug-likeness (QED) is 0.252. The largest absolute Gasteiger partial charge is 1.00 e. The summed E-state index contributed by atoms with van der Waals surface area (Å²) in [5, 5.41) is 8.30. The first-order valence-electron chi connectivity index (χ1n) is 9.04. The molecule has 0 unspecified atom stereocenters. The van der Waals surface area contributed by atoms with Crippen molar-refractivity contribution in [3.8, 4) is 11.1 Å². The summed E-state index contributed by atoms with van der Waals surface area (Å²) in [5.41, 5.74) is 1.73. The van der Waals surface area contributed by atoms with Gasteiger partial charge in [0.05, 0.1) is 16.9 Å². The Kier molecular flexibility index (Phi) is 16.6. The van der Waals surface area contributed by atoms with Crippen molar-refractivity contribution in [1.82, 2.24) is 4.98 Å². The zero-order valence-electron chi connectivity index (χ0n) is 19.1. The first kappa shape index (κ1) is 33.9. The number of benzene rings is 2. The number of rotatable bonds is 5. The van der Waals surface area contributed by atoms with E-state index in [0.29, 0.717) is 27.3 Å². The van der Waals surface area contributed by atoms with Crippen molar-refractivity contribution in [2.45, 2.75) is 6.92 Å². The zero-order chi connectivity index (χ0) is 23.8. The molecule has 10 heteroatoms. The molecular formula is C24H16Cl2FK2N3O2-2. The Hall–Kier alpha value is -0.0773. The summed E-state index contributed by atoms with van der Waals surface area (Å²) in [4.78, 5) is 28.7. The molecule has 0 aliphatic carbocycles. The van der Waals surface area contributed by atoms with Crippen molar-refractivity contribution in [1.29, 1.82) is 0 Å². The number of hydrogen-bond acceptors (Lipinski definition) is 3. The van der Waals surface area contributed by atoms with Crippen molar-refractivity contribution >= 4 is 47.4 Å². The van der Waals surface area contributed by atoms with Crippen molar-refractivity contribution in [2.24, 2.45) is 0 Å². The molecule has 2 aromatic carbocycles. The second kappa shape index (κ2) is 16.6. The van der Waals surface area contributed by atoms with E-state index in [1.54, 1.807) is 37.5 Å². The molecule has 1 heterocycles. The van der Waals surface area contributed by atoms with Gasteiger partial charge in [0.1, 0.15) is 5.82 Å². The molecule has 1 aromatic heterocycles. The average Bonchev–Trinajstić information content (AvgIpc) is 2.79. The zero-order valence-corrected chi connectivity index (χ0v) is 26.8. The summed E-state index contributed by atoms with van der Waals surface area (Å²) < 4.78 is 14.0. The number of anilines is 1. The smallest absolute Gasteiger partial charge is 0.911 e. The molecule has 0 bridgehead atoms. The Morgan fingerprint density at radius 1 is 1.24 bits per heavy atom. The molecule has 0 spiro atoms. The molecule has 164 valence electrons. The van der Waals surface area contributed by atoms with Crippen LogP contribution in [0.3, 0.4) is 0 Å². The van der Waals surface area contributed by atoms with E-state index in [4.69, 9.17) is 35.2 Å². The minimum absolute atomic E-state index is 0. The second-order valence-electron chi connectivity index (χ2n) is 6.46. The van der Waals surface area contributed by atoms with Crippen LogP contribution in [0, 0.1) is 18.5 Å². The maximum atomic E-state index is 14.0. The molecule has 0 radical (unpaired) electrons. The predicted molar refractivity (Wildman–Crippen MR) is 125 cm³/mol. The SMILES string of the molecule is CN(C(=O)c1c(F)cccc1Cl)c1[c-]cc(-c2cc([C-]=O)ccc2Cl)cn1.[CH-]=C(C)C=[N-].[K+].[K+]. The number of nitrogens with zero attached hydrogens (tertiary/aromatic N) is 3. The van der Waals surface area contributed by atoms with E-state index in [9.17, 15) is 14.0 Å². The molecule has 34 heavy (non-hydrogen) atoms. The second-order valence-corrected chi connectivity index (χ2v) is 7.27. The fourth-order valence-corrected chi connectivity index (χ4v) is 2.92. The average molecular weight is 547 g/mol. The van der Waals surface area contributed by atoms with Crippen LogP contribution in [0.25, 0.3) is 16.5 Å². The topological polar surface area (TPSA) is 72.6 Å². The van der Waals surface area contributed by atoms with E-state index in [2.05, 4.69) is 11.1 Å². The molecule has 0 aliphatic heterocycles. The van der Waals surface area contributed by atoms with Gasteiger partial charge < -0.3 is 21.3 Å². The number of allylic oxidation sites excluding steroid dienone is 1. The van der Waals surface area contributed by atoms with E-state index in [-0.39, 0.29) is 119 Å². The summed E-state index contributed by atoms with van der Waals surface area (Å²) in [6.45, 7) is 6.51. The van der Waals surface area contributed by atoms with Gasteiger partial charge in [-0.2, -0.15) is 23.3 Å². The van der Waals surface area contributed by atoms with Crippen molar-refractivity contribution < 1.29 is 117 Å². The van der Waals surface area contributed by atoms with Gasteiger partial charge in [0.25, 0.3) is 5.91 Å². The van der Waals surface area contributed by atoms with Crippen LogP contribution in [-0.4, -0.2) is 30.4 Å². The predicted octanol–water partition coefficient (Wildman–Crippen LogP) is -0.257. The van der Waals surface area contributed by atoms with Gasteiger partial charge in [-0.1, -0.05) is 36.2 Å². The van der Waals surface area contributed by atoms with Crippen LogP contribution in [0.4, 0.5) is 10.2 Å². The molecule has 0 aliphatic rings. The molecule has 0 N–H and O–H groups in total. The molecular weight excluding hydrogens is 530 g/mol. The van der Waals surface area contributed by atoms with Gasteiger partial charge in [-0.15, -0.1) is 11.6 Å². The third kappa shape index (κ3) is 9.42. The minimum atomic E-state index is -0.718. The number of hydrogen-bond donors (Lipinski definition) is 0. The number of amides is 1. The molecule has 3 rings (SSSR count). The Morgan fingerprint density at radius 2 is 1.88 bits per heavy atom. The molecule has 0 saturated heterocycles. The third-order valence-electron chi connectivity index (χ3n) is 4.08. The molecule has 0 atom stereocenters. The van der Waals surface area contributed by atoms with Gasteiger partial charge in [0.15, 0.2) is 0 Å². The van der Waals surface area contributed by atoms with Crippen LogP contribution in [0.15, 0.2) is 54.2 Å². The summed E-state index contributed by atoms with van der Waals surface area (Å²) in [6.07, 6.45) is 4.14. The van der Waals surface area contributed by atoms with E-state index in [1.807, 2.05) is 0 Å². The minimum Gasteiger partial charge on any atom is -0.911 e. The van der Waals surface area contributed by atoms with E-state index in [0.717, 1.165) is 17.2 Å². The van der Waals surface area contributed by atoms with Gasteiger partial charge in [-0.05, 0) is 18.3 Å². The number of aromatic nitrogens is 1. The molecule has 5 nitrogen and oxygen atoms in total. The van der Waals surface area contributed by atoms with Crippen molar-refractivity contribution in [3.63, 3.8) is 0 Å². The van der Waals surface area contributed by atoms with Gasteiger partial charge in [0, 0.05) is 17.9 Å². The fraction of sp³-hybridized carbons (Fsp3) is 0.0833. The monoisotopic (exact) mass is 545 g/mol. The Labute approximate surface area is 293 Å². The normalized spacial score (nSPS) is 9.32. The first-order chi connectivity index (χ1) is 15.2. The Bertz CT molecular complexity index is 1160. The van der Waals surface area contributed by atoms with Gasteiger partial charge in [-0.3, -0.25) is 21.9 Å². The van der Waals surface area contributed by atoms with Crippen molar-refractivity contribution in [3.05, 3.63) is 99.3 Å². The van der Waals surface area contributed by atoms with Gasteiger partial charge in [-0.25, -0.2) is 16.5 Å². The summed E-state index contributed by atoms with van der Waals surface area (Å²) >= 11 is 12.1. The van der Waals surface area contributed by atoms with Crippen molar-refractivity contribution in [2.75, 3.05) is 11.9 Å². The Balaban J connectivity index is 0.00000141. The van der Waals surface area contributed by atoms with Crippen LogP contribution in [0.5, 0.6) is 0 Å². The Morgan fingerprint density at radius 3 is 2.38 bits per heavy atom. The number of carbonyl (C=O) groups is 1. The van der Waals surface area contributed by atoms with Crippen LogP contribution >= 0.6 is 23.2 Å². The molecule has 0 fully saturated rings. The maximum absolute atomic E-state index is 14.0. The van der Waals surface area contributed by atoms with E-state index < -0.39 is 11.7 Å². The standard InChI is InChI=1S/C20H11Cl2FN2O2.C4H5N.2K/c1-25(20(27)19-16(22)3-2-4-17(19)23)18-8-6-13(10-24-18)14-9-12(11-26)5-7-15(14)21;1-4(2)3-5;;/h2-7,9-10H,1H3;1,3H,2H3;;/q2*-2;2*+1. The number of carbonyl (C=O) groups excluding carboxylic acids is 2. The third-order valence-corrected chi connectivity index (χ3v) is 4.73. The fourth-order valence-electron chi connectivity index (χ4n) is 2.45. The van der Waals surface area contributed by atoms with Crippen LogP contribution in [0.1, 0.15) is 22.8 Å². The van der Waals surface area contributed by atoms with Gasteiger partial charge >= 0.3 is 103 Å². The molecule has 3 aromatic rings. The van der Waals surface area contributed by atoms with E-state index >= 15 is 0 Å². The maximum Gasteiger partial charge on any atom is 1.00 e. The van der Waals surface area contributed by atoms with Crippen LogP contribution in [0.2, 0.25) is 10.0 Å². The number of halogens is 3. The van der Waals surface area contributed by atoms with E-state index in [1.165, 1.54) is 25.4 Å². The van der Waals surface area contributed by atoms with Crippen LogP contribution in [-0.2, 0) is 4.79 Å². The summed E-state index contributed by atoms with van der Waals surface area (Å²) in [5.74, 6) is -1.19. The summed E-state index contributed by atoms with van der Waals surface area (Å²) in [7, 11) is 1.44. The first-order valence-corrected chi connectivity index (χ1v) is 9.79.